The van der Waals surface area contributed by atoms with Gasteiger partial charge in [-0.25, -0.2) is 9.79 Å². The number of ether oxygens (including phenoxy) is 1. The fourth-order valence-electron chi connectivity index (χ4n) is 3.38. The van der Waals surface area contributed by atoms with E-state index in [1.807, 2.05) is 13.8 Å². The molecule has 0 aromatic heterocycles. The number of nitrogens with zero attached hydrogens (tertiary/aromatic N) is 2. The first-order chi connectivity index (χ1) is 15.1. The van der Waals surface area contributed by atoms with Gasteiger partial charge in [-0.05, 0) is 23.8 Å². The molecule has 10 heteroatoms. The topological polar surface area (TPSA) is 71.0 Å². The highest BCUT2D eigenvalue weighted by Crippen LogP contribution is 2.48. The zero-order chi connectivity index (χ0) is 23.5. The molecular formula is C22H24F3N3O3S. The number of allylic oxidation sites excluding steroid dienone is 1. The van der Waals surface area contributed by atoms with Crippen LogP contribution in [0.5, 0.6) is 0 Å². The van der Waals surface area contributed by atoms with E-state index >= 15 is 0 Å². The summed E-state index contributed by atoms with van der Waals surface area (Å²) in [5.74, 6) is -1.10. The standard InChI is InChI=1S/C22H24F3N3O3S/c1-4-31-20(30)17-18(14-8-6-5-7-9-14)28-15(10-16(29)26-11-13(2)3)12-32-21(28)27-19(17)22(23,24)25/h5-9,12-13,18H,4,10-11H2,1-3H3,(H,26,29). The molecule has 0 fully saturated rings. The molecule has 172 valence electrons. The van der Waals surface area contributed by atoms with Gasteiger partial charge in [-0.3, -0.25) is 4.79 Å². The first-order valence-electron chi connectivity index (χ1n) is 10.2. The fraction of sp³-hybridized carbons (Fsp3) is 0.409. The van der Waals surface area contributed by atoms with Crippen molar-refractivity contribution in [1.82, 2.24) is 10.2 Å². The zero-order valence-corrected chi connectivity index (χ0v) is 18.7. The monoisotopic (exact) mass is 467 g/mol. The van der Waals surface area contributed by atoms with Crippen molar-refractivity contribution in [3.8, 4) is 0 Å². The number of alkyl halides is 3. The molecule has 0 saturated heterocycles. The maximum Gasteiger partial charge on any atom is 0.434 e. The van der Waals surface area contributed by atoms with Gasteiger partial charge in [0, 0.05) is 12.2 Å². The molecule has 2 aliphatic rings. The normalized spacial score (nSPS) is 18.3. The van der Waals surface area contributed by atoms with E-state index in [-0.39, 0.29) is 30.0 Å². The van der Waals surface area contributed by atoms with Crippen LogP contribution in [-0.4, -0.2) is 41.3 Å². The lowest BCUT2D eigenvalue weighted by Gasteiger charge is -2.37. The van der Waals surface area contributed by atoms with Crippen molar-refractivity contribution in [1.29, 1.82) is 0 Å². The second-order valence-electron chi connectivity index (χ2n) is 7.66. The Hall–Kier alpha value is -2.75. The second kappa shape index (κ2) is 9.81. The number of rotatable bonds is 7. The van der Waals surface area contributed by atoms with Crippen molar-refractivity contribution in [3.05, 3.63) is 58.3 Å². The van der Waals surface area contributed by atoms with Gasteiger partial charge >= 0.3 is 12.1 Å². The van der Waals surface area contributed by atoms with Crippen molar-refractivity contribution in [2.45, 2.75) is 39.4 Å². The van der Waals surface area contributed by atoms with E-state index in [0.717, 1.165) is 11.8 Å². The van der Waals surface area contributed by atoms with E-state index in [9.17, 15) is 22.8 Å². The van der Waals surface area contributed by atoms with Crippen molar-refractivity contribution >= 4 is 28.8 Å². The highest BCUT2D eigenvalue weighted by atomic mass is 32.2. The highest BCUT2D eigenvalue weighted by Gasteiger charge is 2.49. The molecule has 1 aromatic rings. The number of amidine groups is 1. The van der Waals surface area contributed by atoms with Crippen molar-refractivity contribution < 1.29 is 27.5 Å². The number of carbonyl (C=O) groups is 2. The number of nitrogens with one attached hydrogen (secondary N) is 1. The third-order valence-electron chi connectivity index (χ3n) is 4.74. The van der Waals surface area contributed by atoms with Gasteiger partial charge in [0.1, 0.15) is 0 Å². The molecule has 0 spiro atoms. The average Bonchev–Trinajstić information content (AvgIpc) is 3.13. The van der Waals surface area contributed by atoms with E-state index in [0.29, 0.717) is 17.8 Å². The Morgan fingerprint density at radius 3 is 2.53 bits per heavy atom. The summed E-state index contributed by atoms with van der Waals surface area (Å²) in [6.07, 6.45) is -4.91. The van der Waals surface area contributed by atoms with Gasteiger partial charge in [0.25, 0.3) is 0 Å². The number of hydrogen-bond acceptors (Lipinski definition) is 6. The van der Waals surface area contributed by atoms with E-state index in [1.54, 1.807) is 35.7 Å². The van der Waals surface area contributed by atoms with Gasteiger partial charge < -0.3 is 15.0 Å². The summed E-state index contributed by atoms with van der Waals surface area (Å²) in [6.45, 7) is 5.84. The number of hydrogen-bond donors (Lipinski definition) is 1. The molecule has 0 bridgehead atoms. The smallest absolute Gasteiger partial charge is 0.434 e. The minimum absolute atomic E-state index is 0.0560. The van der Waals surface area contributed by atoms with Crippen LogP contribution in [0.15, 0.2) is 57.7 Å². The van der Waals surface area contributed by atoms with Crippen LogP contribution in [0.25, 0.3) is 0 Å². The van der Waals surface area contributed by atoms with E-state index in [4.69, 9.17) is 4.74 Å². The first kappa shape index (κ1) is 23.9. The number of aliphatic imine (C=N–C) groups is 1. The number of thioether (sulfide) groups is 1. The minimum Gasteiger partial charge on any atom is -0.463 e. The molecule has 0 radical (unpaired) electrons. The molecule has 1 amide bonds. The third kappa shape index (κ3) is 5.17. The van der Waals surface area contributed by atoms with Crippen LogP contribution < -0.4 is 5.32 Å². The number of esters is 1. The number of fused-ring (bicyclic) bond motifs is 1. The van der Waals surface area contributed by atoms with Gasteiger partial charge in [-0.1, -0.05) is 55.9 Å². The number of halogens is 3. The Balaban J connectivity index is 2.07. The van der Waals surface area contributed by atoms with Crippen molar-refractivity contribution in [2.75, 3.05) is 13.2 Å². The van der Waals surface area contributed by atoms with E-state index in [1.165, 1.54) is 11.8 Å². The molecule has 2 heterocycles. The van der Waals surface area contributed by atoms with Crippen LogP contribution in [-0.2, 0) is 14.3 Å². The Morgan fingerprint density at radius 1 is 1.25 bits per heavy atom. The highest BCUT2D eigenvalue weighted by molar-refractivity contribution is 8.16. The van der Waals surface area contributed by atoms with Crippen molar-refractivity contribution in [2.24, 2.45) is 10.9 Å². The Kier molecular flexibility index (Phi) is 7.33. The number of amides is 1. The molecule has 0 saturated carbocycles. The quantitative estimate of drug-likeness (QED) is 0.597. The Bertz CT molecular complexity index is 972. The summed E-state index contributed by atoms with van der Waals surface area (Å²) in [4.78, 5) is 30.5. The SMILES string of the molecule is CCOC(=O)C1=C(C(F)(F)F)N=C2SC=C(CC(=O)NCC(C)C)N2C1c1ccccc1. The van der Waals surface area contributed by atoms with Crippen LogP contribution in [0, 0.1) is 5.92 Å². The maximum atomic E-state index is 13.9. The molecule has 1 atom stereocenters. The number of benzene rings is 1. The van der Waals surface area contributed by atoms with Crippen LogP contribution in [0.4, 0.5) is 13.2 Å². The van der Waals surface area contributed by atoms with Crippen LogP contribution in [0.3, 0.4) is 0 Å². The second-order valence-corrected chi connectivity index (χ2v) is 8.50. The summed E-state index contributed by atoms with van der Waals surface area (Å²) in [5.41, 5.74) is -0.944. The predicted molar refractivity (Wildman–Crippen MR) is 116 cm³/mol. The van der Waals surface area contributed by atoms with Crippen LogP contribution in [0.2, 0.25) is 0 Å². The summed E-state index contributed by atoms with van der Waals surface area (Å²) in [6, 6.07) is 7.24. The lowest BCUT2D eigenvalue weighted by atomic mass is 9.93. The molecule has 0 aliphatic carbocycles. The lowest BCUT2D eigenvalue weighted by Crippen LogP contribution is -2.40. The molecule has 3 rings (SSSR count). The molecule has 32 heavy (non-hydrogen) atoms. The van der Waals surface area contributed by atoms with Crippen LogP contribution >= 0.6 is 11.8 Å². The van der Waals surface area contributed by atoms with Crippen LogP contribution in [0.1, 0.15) is 38.8 Å². The summed E-state index contributed by atoms with van der Waals surface area (Å²) >= 11 is 0.994. The largest absolute Gasteiger partial charge is 0.463 e. The van der Waals surface area contributed by atoms with Gasteiger partial charge in [-0.15, -0.1) is 0 Å². The molecule has 1 unspecified atom stereocenters. The van der Waals surface area contributed by atoms with Gasteiger partial charge in [0.05, 0.1) is 24.6 Å². The van der Waals surface area contributed by atoms with Gasteiger partial charge in [0.2, 0.25) is 5.91 Å². The third-order valence-corrected chi connectivity index (χ3v) is 5.63. The number of carbonyl (C=O) groups excluding carboxylic acids is 2. The first-order valence-corrected chi connectivity index (χ1v) is 11.0. The zero-order valence-electron chi connectivity index (χ0n) is 17.9. The molecule has 1 aromatic carbocycles. The van der Waals surface area contributed by atoms with Crippen molar-refractivity contribution in [3.63, 3.8) is 0 Å². The minimum atomic E-state index is -4.85. The summed E-state index contributed by atoms with van der Waals surface area (Å²) in [5, 5.41) is 4.47. The van der Waals surface area contributed by atoms with Gasteiger partial charge in [-0.2, -0.15) is 13.2 Å². The molecule has 2 aliphatic heterocycles. The maximum absolute atomic E-state index is 13.9. The molecule has 1 N–H and O–H groups in total. The Morgan fingerprint density at radius 2 is 1.94 bits per heavy atom. The van der Waals surface area contributed by atoms with Gasteiger partial charge in [0.15, 0.2) is 10.9 Å². The van der Waals surface area contributed by atoms with E-state index in [2.05, 4.69) is 10.3 Å². The summed E-state index contributed by atoms with van der Waals surface area (Å²) < 4.78 is 46.8. The lowest BCUT2D eigenvalue weighted by molar-refractivity contribution is -0.140. The fourth-order valence-corrected chi connectivity index (χ4v) is 4.30. The molecular weight excluding hydrogens is 443 g/mol. The summed E-state index contributed by atoms with van der Waals surface area (Å²) in [7, 11) is 0. The Labute approximate surface area is 188 Å². The average molecular weight is 468 g/mol. The predicted octanol–water partition coefficient (Wildman–Crippen LogP) is 4.53. The molecule has 6 nitrogen and oxygen atoms in total. The van der Waals surface area contributed by atoms with E-state index < -0.39 is 29.5 Å².